The van der Waals surface area contributed by atoms with Crippen LogP contribution in [0.5, 0.6) is 5.75 Å². The number of methoxy groups -OCH3 is 1. The molecule has 128 valence electrons. The van der Waals surface area contributed by atoms with Gasteiger partial charge in [-0.1, -0.05) is 24.3 Å². The van der Waals surface area contributed by atoms with Crippen molar-refractivity contribution in [3.63, 3.8) is 0 Å². The molecule has 0 atom stereocenters. The van der Waals surface area contributed by atoms with Crippen LogP contribution in [0.4, 0.5) is 5.00 Å². The summed E-state index contributed by atoms with van der Waals surface area (Å²) in [5.74, 6) is 0.471. The van der Waals surface area contributed by atoms with Gasteiger partial charge >= 0.3 is 0 Å². The van der Waals surface area contributed by atoms with Crippen molar-refractivity contribution in [2.45, 2.75) is 12.8 Å². The molecule has 0 saturated heterocycles. The summed E-state index contributed by atoms with van der Waals surface area (Å²) in [6, 6.07) is 17.5. The van der Waals surface area contributed by atoms with E-state index in [1.165, 1.54) is 22.5 Å². The number of carbonyl (C=O) groups excluding carboxylic acids is 1. The van der Waals surface area contributed by atoms with Crippen molar-refractivity contribution in [2.75, 3.05) is 12.4 Å². The number of aryl methyl sites for hydroxylation is 1. The number of thiophene rings is 1. The molecule has 0 aliphatic heterocycles. The second-order valence-electron chi connectivity index (χ2n) is 6.07. The molecule has 4 nitrogen and oxygen atoms in total. The number of amides is 1. The summed E-state index contributed by atoms with van der Waals surface area (Å²) >= 11 is 1.48. The molecule has 1 aliphatic carbocycles. The average molecular weight is 360 g/mol. The van der Waals surface area contributed by atoms with E-state index in [4.69, 9.17) is 4.74 Å². The highest BCUT2D eigenvalue weighted by molar-refractivity contribution is 7.20. The van der Waals surface area contributed by atoms with E-state index in [0.29, 0.717) is 21.9 Å². The summed E-state index contributed by atoms with van der Waals surface area (Å²) in [6.07, 6.45) is 1.74. The van der Waals surface area contributed by atoms with E-state index in [0.717, 1.165) is 23.3 Å². The van der Waals surface area contributed by atoms with Gasteiger partial charge in [-0.15, -0.1) is 11.3 Å². The van der Waals surface area contributed by atoms with Gasteiger partial charge in [-0.2, -0.15) is 5.26 Å². The van der Waals surface area contributed by atoms with E-state index in [2.05, 4.69) is 23.5 Å². The topological polar surface area (TPSA) is 62.1 Å². The minimum absolute atomic E-state index is 0.226. The van der Waals surface area contributed by atoms with Gasteiger partial charge < -0.3 is 10.1 Å². The Kier molecular flexibility index (Phi) is 4.19. The Labute approximate surface area is 155 Å². The fourth-order valence-electron chi connectivity index (χ4n) is 3.26. The van der Waals surface area contributed by atoms with Crippen molar-refractivity contribution < 1.29 is 9.53 Å². The molecule has 0 fully saturated rings. The first-order valence-corrected chi connectivity index (χ1v) is 9.12. The van der Waals surface area contributed by atoms with Crippen LogP contribution in [0.2, 0.25) is 0 Å². The molecule has 0 spiro atoms. The van der Waals surface area contributed by atoms with E-state index in [1.54, 1.807) is 31.4 Å². The lowest BCUT2D eigenvalue weighted by Crippen LogP contribution is -2.11. The minimum Gasteiger partial charge on any atom is -0.497 e. The van der Waals surface area contributed by atoms with E-state index in [9.17, 15) is 10.1 Å². The summed E-state index contributed by atoms with van der Waals surface area (Å²) in [5.41, 5.74) is 4.61. The van der Waals surface area contributed by atoms with Gasteiger partial charge in [-0.25, -0.2) is 0 Å². The third-order valence-electron chi connectivity index (χ3n) is 4.60. The van der Waals surface area contributed by atoms with Crippen LogP contribution in [0.1, 0.15) is 27.0 Å². The lowest BCUT2D eigenvalue weighted by atomic mass is 9.90. The molecular weight excluding hydrogens is 344 g/mol. The summed E-state index contributed by atoms with van der Waals surface area (Å²) in [6.45, 7) is 0. The fourth-order valence-corrected chi connectivity index (χ4v) is 4.52. The largest absolute Gasteiger partial charge is 0.497 e. The number of nitrogens with one attached hydrogen (secondary N) is 1. The zero-order chi connectivity index (χ0) is 18.1. The molecule has 0 unspecified atom stereocenters. The zero-order valence-electron chi connectivity index (χ0n) is 14.2. The van der Waals surface area contributed by atoms with Crippen LogP contribution in [0.25, 0.3) is 10.4 Å². The number of carbonyl (C=O) groups is 1. The molecule has 0 radical (unpaired) electrons. The SMILES string of the molecule is COc1ccc(C(=O)Nc2sc3c(c2C#N)CCc2ccccc2-3)cc1. The minimum atomic E-state index is -0.226. The van der Waals surface area contributed by atoms with Crippen molar-refractivity contribution >= 4 is 22.2 Å². The molecule has 1 aromatic heterocycles. The molecular formula is C21H16N2O2S. The van der Waals surface area contributed by atoms with E-state index in [-0.39, 0.29) is 5.91 Å². The first kappa shape index (κ1) is 16.4. The van der Waals surface area contributed by atoms with Crippen LogP contribution in [-0.4, -0.2) is 13.0 Å². The lowest BCUT2D eigenvalue weighted by molar-refractivity contribution is 0.102. The van der Waals surface area contributed by atoms with Gasteiger partial charge in [0.2, 0.25) is 0 Å². The fraction of sp³-hybridized carbons (Fsp3) is 0.143. The number of rotatable bonds is 3. The third kappa shape index (κ3) is 2.75. The first-order valence-electron chi connectivity index (χ1n) is 8.30. The highest BCUT2D eigenvalue weighted by Crippen LogP contribution is 2.44. The van der Waals surface area contributed by atoms with Crippen molar-refractivity contribution in [1.29, 1.82) is 5.26 Å². The van der Waals surface area contributed by atoms with Crippen LogP contribution in [0.3, 0.4) is 0 Å². The van der Waals surface area contributed by atoms with E-state index in [1.807, 2.05) is 12.1 Å². The predicted octanol–water partition coefficient (Wildman–Crippen LogP) is 4.65. The molecule has 26 heavy (non-hydrogen) atoms. The lowest BCUT2D eigenvalue weighted by Gasteiger charge is -2.15. The monoisotopic (exact) mass is 360 g/mol. The maximum Gasteiger partial charge on any atom is 0.256 e. The summed E-state index contributed by atoms with van der Waals surface area (Å²) in [4.78, 5) is 13.7. The normalized spacial score (nSPS) is 11.8. The Morgan fingerprint density at radius 3 is 2.65 bits per heavy atom. The van der Waals surface area contributed by atoms with Crippen molar-refractivity contribution in [3.8, 4) is 22.3 Å². The Bertz CT molecular complexity index is 1030. The van der Waals surface area contributed by atoms with E-state index < -0.39 is 0 Å². The Morgan fingerprint density at radius 2 is 1.92 bits per heavy atom. The Hall–Kier alpha value is -3.10. The highest BCUT2D eigenvalue weighted by atomic mass is 32.1. The zero-order valence-corrected chi connectivity index (χ0v) is 15.0. The molecule has 1 N–H and O–H groups in total. The Balaban J connectivity index is 1.69. The second-order valence-corrected chi connectivity index (χ2v) is 7.09. The summed E-state index contributed by atoms with van der Waals surface area (Å²) < 4.78 is 5.12. The van der Waals surface area contributed by atoms with Crippen LogP contribution >= 0.6 is 11.3 Å². The second kappa shape index (κ2) is 6.66. The van der Waals surface area contributed by atoms with Gasteiger partial charge in [-0.3, -0.25) is 4.79 Å². The third-order valence-corrected chi connectivity index (χ3v) is 5.79. The van der Waals surface area contributed by atoms with Gasteiger partial charge in [-0.05, 0) is 53.8 Å². The smallest absolute Gasteiger partial charge is 0.256 e. The molecule has 2 aromatic carbocycles. The number of benzene rings is 2. The van der Waals surface area contributed by atoms with Gasteiger partial charge in [0.1, 0.15) is 16.8 Å². The van der Waals surface area contributed by atoms with Gasteiger partial charge in [0.05, 0.1) is 12.7 Å². The number of nitriles is 1. The number of fused-ring (bicyclic) bond motifs is 3. The average Bonchev–Trinajstić information content (AvgIpc) is 3.05. The standard InChI is InChI=1S/C21H16N2O2S/c1-25-15-9-6-14(7-10-15)20(24)23-21-18(12-22)17-11-8-13-4-2-3-5-16(13)19(17)26-21/h2-7,9-10H,8,11H2,1H3,(H,23,24). The summed E-state index contributed by atoms with van der Waals surface area (Å²) in [7, 11) is 1.59. The summed E-state index contributed by atoms with van der Waals surface area (Å²) in [5, 5.41) is 13.2. The van der Waals surface area contributed by atoms with Crippen LogP contribution in [0, 0.1) is 11.3 Å². The van der Waals surface area contributed by atoms with Crippen LogP contribution in [0.15, 0.2) is 48.5 Å². The number of ether oxygens (including phenoxy) is 1. The van der Waals surface area contributed by atoms with Gasteiger partial charge in [0.15, 0.2) is 0 Å². The first-order chi connectivity index (χ1) is 12.7. The van der Waals surface area contributed by atoms with Crippen molar-refractivity contribution in [2.24, 2.45) is 0 Å². The number of anilines is 1. The number of hydrogen-bond acceptors (Lipinski definition) is 4. The van der Waals surface area contributed by atoms with Crippen LogP contribution < -0.4 is 10.1 Å². The van der Waals surface area contributed by atoms with Crippen molar-refractivity contribution in [3.05, 3.63) is 70.8 Å². The number of nitrogens with zero attached hydrogens (tertiary/aromatic N) is 1. The maximum atomic E-state index is 12.6. The highest BCUT2D eigenvalue weighted by Gasteiger charge is 2.25. The molecule has 5 heteroatoms. The molecule has 4 rings (SSSR count). The van der Waals surface area contributed by atoms with Crippen molar-refractivity contribution in [1.82, 2.24) is 0 Å². The molecule has 3 aromatic rings. The Morgan fingerprint density at radius 1 is 1.15 bits per heavy atom. The predicted molar refractivity (Wildman–Crippen MR) is 103 cm³/mol. The molecule has 1 aliphatic rings. The maximum absolute atomic E-state index is 12.6. The van der Waals surface area contributed by atoms with E-state index >= 15 is 0 Å². The van der Waals surface area contributed by atoms with Gasteiger partial charge in [0.25, 0.3) is 5.91 Å². The van der Waals surface area contributed by atoms with Gasteiger partial charge in [0, 0.05) is 10.4 Å². The molecule has 0 bridgehead atoms. The quantitative estimate of drug-likeness (QED) is 0.740. The molecule has 1 amide bonds. The molecule has 0 saturated carbocycles. The number of hydrogen-bond donors (Lipinski definition) is 1. The van der Waals surface area contributed by atoms with Crippen LogP contribution in [-0.2, 0) is 12.8 Å². The molecule has 1 heterocycles.